The third kappa shape index (κ3) is 7.52. The predicted octanol–water partition coefficient (Wildman–Crippen LogP) is 4.85. The van der Waals surface area contributed by atoms with Crippen LogP contribution < -0.4 is 19.5 Å². The molecule has 0 saturated heterocycles. The van der Waals surface area contributed by atoms with Crippen molar-refractivity contribution in [1.82, 2.24) is 10.2 Å². The lowest BCUT2D eigenvalue weighted by Gasteiger charge is -2.25. The van der Waals surface area contributed by atoms with E-state index < -0.39 is 0 Å². The smallest absolute Gasteiger partial charge is 0.251 e. The van der Waals surface area contributed by atoms with E-state index in [0.717, 1.165) is 48.0 Å². The van der Waals surface area contributed by atoms with Gasteiger partial charge in [0.25, 0.3) is 5.91 Å². The number of nitrogens with one attached hydrogen (secondary N) is 1. The van der Waals surface area contributed by atoms with Gasteiger partial charge in [-0.05, 0) is 64.9 Å². The van der Waals surface area contributed by atoms with E-state index >= 15 is 0 Å². The summed E-state index contributed by atoms with van der Waals surface area (Å²) in [4.78, 5) is 15.5. The standard InChI is InChI=1S/C32H38N2O5/c1-23(2)20-34-12-13-36-14-15-37-29-9-7-27(19-28(29)17-25-4-3-5-26(16-25)21-34)32(35)33-11-10-24-6-8-30-31(18-24)39-22-38-30/h3-9,16,18-19,23H,10-15,17,20-22H2,1-2H3,(H,33,35). The van der Waals surface area contributed by atoms with Crippen LogP contribution in [0.5, 0.6) is 17.2 Å². The molecule has 0 saturated carbocycles. The van der Waals surface area contributed by atoms with Crippen molar-refractivity contribution in [3.8, 4) is 17.2 Å². The van der Waals surface area contributed by atoms with Gasteiger partial charge < -0.3 is 24.3 Å². The maximum Gasteiger partial charge on any atom is 0.251 e. The predicted molar refractivity (Wildman–Crippen MR) is 151 cm³/mol. The molecule has 0 aromatic heterocycles. The average molecular weight is 531 g/mol. The van der Waals surface area contributed by atoms with Gasteiger partial charge in [0.05, 0.1) is 13.2 Å². The first kappa shape index (κ1) is 27.0. The van der Waals surface area contributed by atoms with E-state index in [2.05, 4.69) is 48.3 Å². The number of amides is 1. The van der Waals surface area contributed by atoms with Crippen LogP contribution in [0, 0.1) is 5.92 Å². The number of hydrogen-bond donors (Lipinski definition) is 1. The zero-order valence-electron chi connectivity index (χ0n) is 22.9. The zero-order valence-corrected chi connectivity index (χ0v) is 22.9. The summed E-state index contributed by atoms with van der Waals surface area (Å²) >= 11 is 0. The van der Waals surface area contributed by atoms with Gasteiger partial charge in [0.15, 0.2) is 11.5 Å². The fourth-order valence-electron chi connectivity index (χ4n) is 5.09. The summed E-state index contributed by atoms with van der Waals surface area (Å²) in [6, 6.07) is 20.3. The Hall–Kier alpha value is -3.55. The molecule has 0 atom stereocenters. The van der Waals surface area contributed by atoms with Crippen molar-refractivity contribution in [2.24, 2.45) is 5.92 Å². The van der Waals surface area contributed by atoms with Crippen LogP contribution in [0.2, 0.25) is 0 Å². The monoisotopic (exact) mass is 530 g/mol. The first-order valence-electron chi connectivity index (χ1n) is 13.8. The van der Waals surface area contributed by atoms with Gasteiger partial charge in [0.1, 0.15) is 12.4 Å². The van der Waals surface area contributed by atoms with E-state index in [1.54, 1.807) is 0 Å². The third-order valence-corrected chi connectivity index (χ3v) is 6.91. The summed E-state index contributed by atoms with van der Waals surface area (Å²) < 4.78 is 22.8. The molecule has 206 valence electrons. The van der Waals surface area contributed by atoms with E-state index in [4.69, 9.17) is 18.9 Å². The molecule has 0 spiro atoms. The zero-order chi connectivity index (χ0) is 27.0. The molecule has 3 aromatic carbocycles. The van der Waals surface area contributed by atoms with Crippen LogP contribution in [0.15, 0.2) is 60.7 Å². The lowest BCUT2D eigenvalue weighted by Crippen LogP contribution is -2.31. The highest BCUT2D eigenvalue weighted by atomic mass is 16.7. The van der Waals surface area contributed by atoms with Crippen molar-refractivity contribution in [2.75, 3.05) is 46.2 Å². The molecule has 0 aliphatic carbocycles. The average Bonchev–Trinajstić information content (AvgIpc) is 3.38. The lowest BCUT2D eigenvalue weighted by molar-refractivity contribution is 0.0746. The van der Waals surface area contributed by atoms with Crippen LogP contribution in [0.25, 0.3) is 0 Å². The quantitative estimate of drug-likeness (QED) is 0.492. The number of benzene rings is 3. The number of hydrogen-bond acceptors (Lipinski definition) is 6. The molecular formula is C32H38N2O5. The Kier molecular flexibility index (Phi) is 9.01. The van der Waals surface area contributed by atoms with Crippen LogP contribution in [0.4, 0.5) is 0 Å². The fraction of sp³-hybridized carbons (Fsp3) is 0.406. The molecule has 5 rings (SSSR count). The Morgan fingerprint density at radius 1 is 0.897 bits per heavy atom. The maximum atomic E-state index is 13.0. The maximum absolute atomic E-state index is 13.0. The fourth-order valence-corrected chi connectivity index (χ4v) is 5.09. The van der Waals surface area contributed by atoms with Gasteiger partial charge in [-0.25, -0.2) is 0 Å². The van der Waals surface area contributed by atoms with Gasteiger partial charge in [-0.15, -0.1) is 0 Å². The molecule has 3 aromatic rings. The Bertz CT molecular complexity index is 1280. The summed E-state index contributed by atoms with van der Waals surface area (Å²) in [5.41, 5.74) is 5.19. The van der Waals surface area contributed by atoms with Gasteiger partial charge in [-0.1, -0.05) is 44.2 Å². The number of carbonyl (C=O) groups excluding carboxylic acids is 1. The number of fused-ring (bicyclic) bond motifs is 4. The van der Waals surface area contributed by atoms with E-state index in [-0.39, 0.29) is 12.7 Å². The van der Waals surface area contributed by atoms with Crippen LogP contribution in [-0.2, 0) is 24.1 Å². The highest BCUT2D eigenvalue weighted by molar-refractivity contribution is 5.94. The van der Waals surface area contributed by atoms with Crippen LogP contribution in [0.3, 0.4) is 0 Å². The van der Waals surface area contributed by atoms with Gasteiger partial charge in [0, 0.05) is 38.2 Å². The van der Waals surface area contributed by atoms with Crippen molar-refractivity contribution < 1.29 is 23.7 Å². The minimum absolute atomic E-state index is 0.0978. The molecule has 1 N–H and O–H groups in total. The van der Waals surface area contributed by atoms with Crippen molar-refractivity contribution in [2.45, 2.75) is 33.2 Å². The summed E-state index contributed by atoms with van der Waals surface area (Å²) in [7, 11) is 0. The van der Waals surface area contributed by atoms with Crippen LogP contribution in [-0.4, -0.2) is 57.1 Å². The Morgan fingerprint density at radius 3 is 2.64 bits per heavy atom. The summed E-state index contributed by atoms with van der Waals surface area (Å²) in [6.45, 7) is 9.77. The van der Waals surface area contributed by atoms with Crippen molar-refractivity contribution >= 4 is 5.91 Å². The first-order valence-corrected chi connectivity index (χ1v) is 13.8. The van der Waals surface area contributed by atoms with E-state index in [1.807, 2.05) is 36.4 Å². The topological polar surface area (TPSA) is 69.3 Å². The molecular weight excluding hydrogens is 492 g/mol. The summed E-state index contributed by atoms with van der Waals surface area (Å²) in [5.74, 6) is 2.80. The second-order valence-electron chi connectivity index (χ2n) is 10.6. The highest BCUT2D eigenvalue weighted by Crippen LogP contribution is 2.32. The first-order chi connectivity index (χ1) is 19.0. The minimum atomic E-state index is -0.0978. The molecule has 0 fully saturated rings. The van der Waals surface area contributed by atoms with Gasteiger partial charge in [-0.2, -0.15) is 0 Å². The molecule has 2 aliphatic heterocycles. The minimum Gasteiger partial charge on any atom is -0.491 e. The Morgan fingerprint density at radius 2 is 1.74 bits per heavy atom. The largest absolute Gasteiger partial charge is 0.491 e. The van der Waals surface area contributed by atoms with E-state index in [0.29, 0.717) is 50.7 Å². The number of ether oxygens (including phenoxy) is 4. The molecule has 2 aliphatic rings. The Balaban J connectivity index is 1.28. The third-order valence-electron chi connectivity index (χ3n) is 6.91. The number of nitrogens with zero attached hydrogens (tertiary/aromatic N) is 1. The van der Waals surface area contributed by atoms with Crippen molar-refractivity contribution in [3.05, 3.63) is 88.5 Å². The molecule has 7 nitrogen and oxygen atoms in total. The Labute approximate surface area is 231 Å². The van der Waals surface area contributed by atoms with Crippen LogP contribution >= 0.6 is 0 Å². The SMILES string of the molecule is CC(C)CN1CCOCCOc2ccc(C(=O)NCCc3ccc4c(c3)OCO4)cc2Cc2cccc(c2)C1. The summed E-state index contributed by atoms with van der Waals surface area (Å²) in [6.07, 6.45) is 1.39. The molecule has 0 radical (unpaired) electrons. The van der Waals surface area contributed by atoms with Gasteiger partial charge in [-0.3, -0.25) is 9.69 Å². The molecule has 1 amide bonds. The molecule has 39 heavy (non-hydrogen) atoms. The van der Waals surface area contributed by atoms with Gasteiger partial charge in [0.2, 0.25) is 6.79 Å². The highest BCUT2D eigenvalue weighted by Gasteiger charge is 2.15. The molecule has 7 heteroatoms. The molecule has 2 heterocycles. The second kappa shape index (κ2) is 13.0. The number of carbonyl (C=O) groups is 1. The van der Waals surface area contributed by atoms with Crippen molar-refractivity contribution in [3.63, 3.8) is 0 Å². The molecule has 0 unspecified atom stereocenters. The van der Waals surface area contributed by atoms with Crippen molar-refractivity contribution in [1.29, 1.82) is 0 Å². The lowest BCUT2D eigenvalue weighted by atomic mass is 9.99. The second-order valence-corrected chi connectivity index (χ2v) is 10.6. The van der Waals surface area contributed by atoms with E-state index in [1.165, 1.54) is 11.1 Å². The van der Waals surface area contributed by atoms with Crippen LogP contribution in [0.1, 0.15) is 46.5 Å². The van der Waals surface area contributed by atoms with E-state index in [9.17, 15) is 4.79 Å². The normalized spacial score (nSPS) is 15.8. The van der Waals surface area contributed by atoms with Gasteiger partial charge >= 0.3 is 0 Å². The summed E-state index contributed by atoms with van der Waals surface area (Å²) in [5, 5.41) is 3.05. The number of rotatable bonds is 6. The molecule has 2 bridgehead atoms.